The number of rotatable bonds is 26. The maximum absolute atomic E-state index is 13.5. The van der Waals surface area contributed by atoms with Gasteiger partial charge in [-0.05, 0) is 72.8 Å². The van der Waals surface area contributed by atoms with Gasteiger partial charge in [-0.1, -0.05) is 38.2 Å². The number of carbonyl (C=O) groups is 7. The zero-order chi connectivity index (χ0) is 59.7. The van der Waals surface area contributed by atoms with Gasteiger partial charge in [-0.3, -0.25) is 14.4 Å². The van der Waals surface area contributed by atoms with Crippen molar-refractivity contribution >= 4 is 58.6 Å². The van der Waals surface area contributed by atoms with Gasteiger partial charge < -0.3 is 82.5 Å². The number of amides is 4. The summed E-state index contributed by atoms with van der Waals surface area (Å²) in [6.45, 7) is 4.40. The number of esters is 3. The number of nitrogens with one attached hydrogen (secondary N) is 2. The van der Waals surface area contributed by atoms with Crippen molar-refractivity contribution in [2.24, 2.45) is 0 Å². The molecular weight excluding hydrogens is 1080 g/mol. The number of aryl methyl sites for hydroxylation is 2. The minimum atomic E-state index is -1.81. The van der Waals surface area contributed by atoms with Crippen molar-refractivity contribution in [2.45, 2.75) is 115 Å². The van der Waals surface area contributed by atoms with Crippen LogP contribution in [0.25, 0.3) is 22.0 Å². The van der Waals surface area contributed by atoms with Gasteiger partial charge in [0, 0.05) is 80.1 Å². The highest BCUT2D eigenvalue weighted by Crippen LogP contribution is 2.42. The summed E-state index contributed by atoms with van der Waals surface area (Å²) in [5.74, 6) is -0.964. The van der Waals surface area contributed by atoms with Crippen LogP contribution in [0.5, 0.6) is 28.7 Å². The first kappa shape index (κ1) is 62.4. The molecule has 0 bridgehead atoms. The Kier molecular flexibility index (Phi) is 22.3. The van der Waals surface area contributed by atoms with E-state index in [0.717, 1.165) is 81.9 Å². The summed E-state index contributed by atoms with van der Waals surface area (Å²) in [6.07, 6.45) is -1.89. The molecule has 1 saturated heterocycles. The second-order valence-electron chi connectivity index (χ2n) is 20.3. The third-order valence-corrected chi connectivity index (χ3v) is 14.1. The molecule has 1 fully saturated rings. The third-order valence-electron chi connectivity index (χ3n) is 14.1. The van der Waals surface area contributed by atoms with Gasteiger partial charge in [-0.2, -0.15) is 4.57 Å². The Morgan fingerprint density at radius 1 is 0.747 bits per heavy atom. The van der Waals surface area contributed by atoms with E-state index in [9.17, 15) is 38.7 Å². The molecule has 0 spiro atoms. The molecule has 3 N–H and O–H groups in total. The average molecular weight is 1160 g/mol. The number of nitrogens with zero attached hydrogens (tertiary/aromatic N) is 4. The number of carbonyl (C=O) groups excluding carboxylic acids is 7. The standard InChI is InChI=1S/C58H74N6O19/c1-35(65)79-51-49(68)52(80-36(2)66)55(82-53(51)54(69)74-8)81-44-19-17-37(33-76-57(71)61(4)24-22-59-3)28-42(44)60-48(67)16-14-12-10-9-11-13-15-27-75-56(70)62(5)25-26-63(6)58(72)83-50-41-32-64-23-21-39-30-46-47(78-34-77-46)31-40(39)43(64)29-38(41)18-20-45(50)73-7/h17-20,28-32,49,51-53,55,59,68H,9-16,21-27,33-34H2,1-8H3/p+1/t49-,51-,52+,53-,55+/m0/s1. The lowest BCUT2D eigenvalue weighted by Gasteiger charge is -2.41. The van der Waals surface area contributed by atoms with Crippen LogP contribution in [0.1, 0.15) is 76.3 Å². The summed E-state index contributed by atoms with van der Waals surface area (Å²) in [7, 11) is 9.13. The molecule has 0 aliphatic carbocycles. The number of benzene rings is 3. The largest absolute Gasteiger partial charge is 0.493 e. The number of hydrogen-bond donors (Lipinski definition) is 3. The number of anilines is 1. The Balaban J connectivity index is 0.834. The van der Waals surface area contributed by atoms with Crippen LogP contribution in [0.2, 0.25) is 0 Å². The van der Waals surface area contributed by atoms with E-state index in [2.05, 4.69) is 21.3 Å². The van der Waals surface area contributed by atoms with Crippen LogP contribution in [0.4, 0.5) is 20.1 Å². The molecule has 5 atom stereocenters. The highest BCUT2D eigenvalue weighted by Gasteiger charge is 2.53. The molecule has 1 aromatic heterocycles. The molecule has 450 valence electrons. The lowest BCUT2D eigenvalue weighted by atomic mass is 9.95. The summed E-state index contributed by atoms with van der Waals surface area (Å²) in [5.41, 5.74) is 3.81. The molecule has 25 heteroatoms. The number of methoxy groups -OCH3 is 2. The van der Waals surface area contributed by atoms with Crippen molar-refractivity contribution < 1.29 is 95.3 Å². The van der Waals surface area contributed by atoms with E-state index in [4.69, 9.17) is 52.1 Å². The van der Waals surface area contributed by atoms with Crippen LogP contribution in [-0.2, 0) is 67.2 Å². The second kappa shape index (κ2) is 29.7. The van der Waals surface area contributed by atoms with Gasteiger partial charge in [0.05, 0.1) is 37.5 Å². The zero-order valence-corrected chi connectivity index (χ0v) is 48.2. The Morgan fingerprint density at radius 3 is 2.10 bits per heavy atom. The van der Waals surface area contributed by atoms with Gasteiger partial charge in [-0.15, -0.1) is 0 Å². The van der Waals surface area contributed by atoms with Crippen molar-refractivity contribution in [3.05, 3.63) is 65.9 Å². The third kappa shape index (κ3) is 16.5. The number of aliphatic hydroxyl groups is 1. The summed E-state index contributed by atoms with van der Waals surface area (Å²) < 4.78 is 63.3. The molecule has 3 aromatic carbocycles. The molecule has 3 aliphatic heterocycles. The molecule has 3 aliphatic rings. The molecule has 0 saturated carbocycles. The number of fused-ring (bicyclic) bond motifs is 5. The summed E-state index contributed by atoms with van der Waals surface area (Å²) in [4.78, 5) is 93.6. The number of aromatic nitrogens is 1. The zero-order valence-electron chi connectivity index (χ0n) is 48.2. The van der Waals surface area contributed by atoms with E-state index in [1.165, 1.54) is 39.5 Å². The first-order chi connectivity index (χ1) is 39.9. The number of hydrogen-bond acceptors (Lipinski definition) is 20. The summed E-state index contributed by atoms with van der Waals surface area (Å²) in [6, 6.07) is 14.3. The highest BCUT2D eigenvalue weighted by molar-refractivity contribution is 5.94. The molecule has 0 unspecified atom stereocenters. The predicted octanol–water partition coefficient (Wildman–Crippen LogP) is 5.64. The van der Waals surface area contributed by atoms with E-state index in [1.807, 2.05) is 24.4 Å². The van der Waals surface area contributed by atoms with E-state index >= 15 is 0 Å². The fourth-order valence-electron chi connectivity index (χ4n) is 9.55. The molecule has 4 heterocycles. The van der Waals surface area contributed by atoms with Crippen LogP contribution in [0, 0.1) is 0 Å². The van der Waals surface area contributed by atoms with Crippen molar-refractivity contribution in [1.29, 1.82) is 0 Å². The highest BCUT2D eigenvalue weighted by atomic mass is 16.7. The lowest BCUT2D eigenvalue weighted by molar-refractivity contribution is -0.686. The van der Waals surface area contributed by atoms with Gasteiger partial charge in [0.1, 0.15) is 18.5 Å². The Labute approximate surface area is 481 Å². The van der Waals surface area contributed by atoms with Crippen LogP contribution in [0.3, 0.4) is 0 Å². The van der Waals surface area contributed by atoms with Crippen LogP contribution in [0.15, 0.2) is 54.7 Å². The Hall–Kier alpha value is -8.16. The monoisotopic (exact) mass is 1160 g/mol. The van der Waals surface area contributed by atoms with Gasteiger partial charge in [0.25, 0.3) is 0 Å². The summed E-state index contributed by atoms with van der Waals surface area (Å²) in [5, 5.41) is 18.6. The predicted molar refractivity (Wildman–Crippen MR) is 296 cm³/mol. The topological polar surface area (TPSA) is 279 Å². The molecule has 4 amide bonds. The molecule has 83 heavy (non-hydrogen) atoms. The molecule has 7 rings (SSSR count). The smallest absolute Gasteiger partial charge is 0.415 e. The average Bonchev–Trinajstić information content (AvgIpc) is 3.95. The number of likely N-dealkylation sites (N-methyl/N-ethyl adjacent to an activating group) is 4. The van der Waals surface area contributed by atoms with Crippen molar-refractivity contribution in [3.63, 3.8) is 0 Å². The van der Waals surface area contributed by atoms with Gasteiger partial charge in [0.15, 0.2) is 54.1 Å². The SMILES string of the molecule is CNCCN(C)C(=O)OCc1ccc(O[C@@H]2O[C@H](C(=O)OC)[C@@H](OC(C)=O)[C@H](O)[C@H]2OC(C)=O)c(NC(=O)CCCCCCCCCOC(=O)N(C)CCN(C)C(=O)Oc2c(OC)ccc3cc4[n+](cc23)CCc2cc3c(cc2-4)OCO3)c1. The van der Waals surface area contributed by atoms with E-state index in [1.54, 1.807) is 40.3 Å². The van der Waals surface area contributed by atoms with Crippen molar-refractivity contribution in [1.82, 2.24) is 20.0 Å². The van der Waals surface area contributed by atoms with Crippen molar-refractivity contribution in [2.75, 3.05) is 87.3 Å². The maximum Gasteiger partial charge on any atom is 0.415 e. The number of aliphatic hydroxyl groups excluding tert-OH is 1. The maximum atomic E-state index is 13.5. The number of unbranched alkanes of at least 4 members (excludes halogenated alkanes) is 6. The quantitative estimate of drug-likeness (QED) is 0.0297. The molecular formula is C58H75N6O19+. The fraction of sp³-hybridized carbons (Fsp3) is 0.517. The van der Waals surface area contributed by atoms with E-state index in [-0.39, 0.29) is 56.9 Å². The summed E-state index contributed by atoms with van der Waals surface area (Å²) >= 11 is 0. The minimum Gasteiger partial charge on any atom is -0.493 e. The van der Waals surface area contributed by atoms with Gasteiger partial charge in [0.2, 0.25) is 24.7 Å². The molecule has 0 radical (unpaired) electrons. The van der Waals surface area contributed by atoms with Crippen molar-refractivity contribution in [3.8, 4) is 40.0 Å². The first-order valence-corrected chi connectivity index (χ1v) is 27.5. The van der Waals surface area contributed by atoms with Crippen LogP contribution in [-0.4, -0.2) is 175 Å². The fourth-order valence-corrected chi connectivity index (χ4v) is 9.55. The first-order valence-electron chi connectivity index (χ1n) is 27.5. The molecule has 25 nitrogen and oxygen atoms in total. The normalized spacial score (nSPS) is 17.4. The Morgan fingerprint density at radius 2 is 1.40 bits per heavy atom. The minimum absolute atomic E-state index is 0.0220. The lowest BCUT2D eigenvalue weighted by Crippen LogP contribution is -2.63. The van der Waals surface area contributed by atoms with Gasteiger partial charge >= 0.3 is 36.2 Å². The van der Waals surface area contributed by atoms with E-state index < -0.39 is 66.9 Å². The van der Waals surface area contributed by atoms with Gasteiger partial charge in [-0.25, -0.2) is 19.2 Å². The second-order valence-corrected chi connectivity index (χ2v) is 20.3. The number of ether oxygens (including phenoxy) is 11. The Bertz CT molecular complexity index is 2980. The van der Waals surface area contributed by atoms with E-state index in [0.29, 0.717) is 60.7 Å². The van der Waals surface area contributed by atoms with Crippen LogP contribution < -0.4 is 38.9 Å². The van der Waals surface area contributed by atoms with Crippen LogP contribution >= 0.6 is 0 Å². The number of pyridine rings is 1. The molecule has 4 aromatic rings.